The Morgan fingerprint density at radius 1 is 0.720 bits per heavy atom. The van der Waals surface area contributed by atoms with Crippen molar-refractivity contribution in [2.45, 2.75) is 33.1 Å². The van der Waals surface area contributed by atoms with Crippen LogP contribution >= 0.6 is 0 Å². The van der Waals surface area contributed by atoms with Gasteiger partial charge < -0.3 is 20.1 Å². The van der Waals surface area contributed by atoms with Crippen LogP contribution in [0.1, 0.15) is 33.1 Å². The van der Waals surface area contributed by atoms with Crippen molar-refractivity contribution in [3.05, 3.63) is 48.5 Å². The van der Waals surface area contributed by atoms with Crippen molar-refractivity contribution in [2.75, 3.05) is 36.9 Å². The lowest BCUT2D eigenvalue weighted by atomic mass is 10.3. The van der Waals surface area contributed by atoms with Gasteiger partial charge in [0.1, 0.15) is 11.5 Å². The first-order valence-electron chi connectivity index (χ1n) is 9.25. The standard InChI is InChI=1S/C21H30N2O2/c1-3-5-16-25-20-11-9-18(10-12-20)22-13-14-23-19-7-6-8-21(17-19)24-15-4-2/h6-12,17,22-23H,3-5,13-16H2,1-2H3. The number of unbranched alkanes of at least 4 members (excludes halogenated alkanes) is 1. The van der Waals surface area contributed by atoms with Gasteiger partial charge in [-0.2, -0.15) is 0 Å². The molecule has 2 aromatic carbocycles. The molecule has 0 fully saturated rings. The van der Waals surface area contributed by atoms with Crippen molar-refractivity contribution in [3.63, 3.8) is 0 Å². The molecule has 0 radical (unpaired) electrons. The minimum atomic E-state index is 0.753. The Morgan fingerprint density at radius 2 is 1.44 bits per heavy atom. The van der Waals surface area contributed by atoms with Crippen molar-refractivity contribution >= 4 is 11.4 Å². The SMILES string of the molecule is CCCCOc1ccc(NCCNc2cccc(OCCC)c2)cc1. The zero-order valence-electron chi connectivity index (χ0n) is 15.4. The molecule has 0 saturated carbocycles. The highest BCUT2D eigenvalue weighted by atomic mass is 16.5. The molecule has 2 aromatic rings. The first-order chi connectivity index (χ1) is 12.3. The van der Waals surface area contributed by atoms with E-state index in [4.69, 9.17) is 9.47 Å². The topological polar surface area (TPSA) is 42.5 Å². The number of nitrogens with one attached hydrogen (secondary N) is 2. The second kappa shape index (κ2) is 11.2. The normalized spacial score (nSPS) is 10.3. The number of hydrogen-bond acceptors (Lipinski definition) is 4. The van der Waals surface area contributed by atoms with E-state index < -0.39 is 0 Å². The Labute approximate surface area is 151 Å². The Balaban J connectivity index is 1.68. The van der Waals surface area contributed by atoms with Crippen LogP contribution in [0.5, 0.6) is 11.5 Å². The summed E-state index contributed by atoms with van der Waals surface area (Å²) >= 11 is 0. The van der Waals surface area contributed by atoms with Crippen LogP contribution < -0.4 is 20.1 Å². The fraction of sp³-hybridized carbons (Fsp3) is 0.429. The third-order valence-electron chi connectivity index (χ3n) is 3.71. The lowest BCUT2D eigenvalue weighted by Crippen LogP contribution is -2.13. The van der Waals surface area contributed by atoms with Gasteiger partial charge in [-0.05, 0) is 49.2 Å². The van der Waals surface area contributed by atoms with E-state index in [9.17, 15) is 0 Å². The van der Waals surface area contributed by atoms with Crippen molar-refractivity contribution in [1.82, 2.24) is 0 Å². The summed E-state index contributed by atoms with van der Waals surface area (Å²) in [6.45, 7) is 7.50. The van der Waals surface area contributed by atoms with Gasteiger partial charge in [0.25, 0.3) is 0 Å². The lowest BCUT2D eigenvalue weighted by molar-refractivity contribution is 0.309. The van der Waals surface area contributed by atoms with Gasteiger partial charge in [0, 0.05) is 30.5 Å². The van der Waals surface area contributed by atoms with Gasteiger partial charge in [0.05, 0.1) is 13.2 Å². The van der Waals surface area contributed by atoms with E-state index in [2.05, 4.69) is 42.7 Å². The largest absolute Gasteiger partial charge is 0.494 e. The Hall–Kier alpha value is -2.36. The molecule has 0 spiro atoms. The van der Waals surface area contributed by atoms with Crippen LogP contribution in [0, 0.1) is 0 Å². The van der Waals surface area contributed by atoms with Crippen LogP contribution in [-0.4, -0.2) is 26.3 Å². The van der Waals surface area contributed by atoms with E-state index in [1.807, 2.05) is 30.3 Å². The molecule has 136 valence electrons. The molecule has 0 aromatic heterocycles. The summed E-state index contributed by atoms with van der Waals surface area (Å²) in [4.78, 5) is 0. The van der Waals surface area contributed by atoms with Crippen LogP contribution in [0.25, 0.3) is 0 Å². The van der Waals surface area contributed by atoms with E-state index >= 15 is 0 Å². The maximum absolute atomic E-state index is 5.67. The van der Waals surface area contributed by atoms with E-state index in [1.165, 1.54) is 0 Å². The highest BCUT2D eigenvalue weighted by molar-refractivity contribution is 5.49. The molecule has 0 unspecified atom stereocenters. The molecule has 0 saturated heterocycles. The molecule has 4 nitrogen and oxygen atoms in total. The first kappa shape index (κ1) is 19.0. The van der Waals surface area contributed by atoms with Crippen LogP contribution in [0.2, 0.25) is 0 Å². The van der Waals surface area contributed by atoms with Gasteiger partial charge in [-0.3, -0.25) is 0 Å². The van der Waals surface area contributed by atoms with E-state index in [-0.39, 0.29) is 0 Å². The van der Waals surface area contributed by atoms with Crippen LogP contribution in [0.3, 0.4) is 0 Å². The average Bonchev–Trinajstić information content (AvgIpc) is 2.65. The maximum atomic E-state index is 5.67. The molecule has 4 heteroatoms. The second-order valence-corrected chi connectivity index (χ2v) is 5.96. The van der Waals surface area contributed by atoms with E-state index in [0.717, 1.165) is 68.4 Å². The predicted octanol–water partition coefficient (Wildman–Crippen LogP) is 5.18. The fourth-order valence-corrected chi connectivity index (χ4v) is 2.33. The van der Waals surface area contributed by atoms with Gasteiger partial charge in [-0.25, -0.2) is 0 Å². The highest BCUT2D eigenvalue weighted by Crippen LogP contribution is 2.18. The van der Waals surface area contributed by atoms with Gasteiger partial charge >= 0.3 is 0 Å². The molecule has 2 N–H and O–H groups in total. The maximum Gasteiger partial charge on any atom is 0.121 e. The summed E-state index contributed by atoms with van der Waals surface area (Å²) in [5.74, 6) is 1.85. The minimum absolute atomic E-state index is 0.753. The molecular weight excluding hydrogens is 312 g/mol. The third-order valence-corrected chi connectivity index (χ3v) is 3.71. The molecule has 0 atom stereocenters. The van der Waals surface area contributed by atoms with Gasteiger partial charge in [-0.15, -0.1) is 0 Å². The number of hydrogen-bond donors (Lipinski definition) is 2. The van der Waals surface area contributed by atoms with Crippen LogP contribution in [0.15, 0.2) is 48.5 Å². The lowest BCUT2D eigenvalue weighted by Gasteiger charge is -2.11. The molecular formula is C21H30N2O2. The quantitative estimate of drug-likeness (QED) is 0.522. The highest BCUT2D eigenvalue weighted by Gasteiger charge is 1.98. The van der Waals surface area contributed by atoms with Crippen molar-refractivity contribution < 1.29 is 9.47 Å². The van der Waals surface area contributed by atoms with Crippen molar-refractivity contribution in [1.29, 1.82) is 0 Å². The summed E-state index contributed by atoms with van der Waals surface area (Å²) in [6.07, 6.45) is 3.26. The van der Waals surface area contributed by atoms with E-state index in [0.29, 0.717) is 0 Å². The average molecular weight is 342 g/mol. The molecule has 0 bridgehead atoms. The minimum Gasteiger partial charge on any atom is -0.494 e. The summed E-state index contributed by atoms with van der Waals surface area (Å²) in [5.41, 5.74) is 2.18. The molecule has 0 aliphatic heterocycles. The summed E-state index contributed by atoms with van der Waals surface area (Å²) in [7, 11) is 0. The van der Waals surface area contributed by atoms with Crippen LogP contribution in [-0.2, 0) is 0 Å². The smallest absolute Gasteiger partial charge is 0.121 e. The monoisotopic (exact) mass is 342 g/mol. The van der Waals surface area contributed by atoms with E-state index in [1.54, 1.807) is 0 Å². The van der Waals surface area contributed by atoms with Crippen LogP contribution in [0.4, 0.5) is 11.4 Å². The Bertz CT molecular complexity index is 599. The predicted molar refractivity (Wildman–Crippen MR) is 106 cm³/mol. The molecule has 0 amide bonds. The molecule has 0 heterocycles. The fourth-order valence-electron chi connectivity index (χ4n) is 2.33. The molecule has 0 aliphatic carbocycles. The summed E-state index contributed by atoms with van der Waals surface area (Å²) < 4.78 is 11.3. The van der Waals surface area contributed by atoms with Gasteiger partial charge in [-0.1, -0.05) is 26.3 Å². The van der Waals surface area contributed by atoms with Crippen molar-refractivity contribution in [2.24, 2.45) is 0 Å². The van der Waals surface area contributed by atoms with Gasteiger partial charge in [0.15, 0.2) is 0 Å². The molecule has 2 rings (SSSR count). The molecule has 25 heavy (non-hydrogen) atoms. The molecule has 0 aliphatic rings. The Morgan fingerprint density at radius 3 is 2.16 bits per heavy atom. The first-order valence-corrected chi connectivity index (χ1v) is 9.25. The number of ether oxygens (including phenoxy) is 2. The number of benzene rings is 2. The Kier molecular flexibility index (Phi) is 8.53. The van der Waals surface area contributed by atoms with Crippen molar-refractivity contribution in [3.8, 4) is 11.5 Å². The second-order valence-electron chi connectivity index (χ2n) is 5.96. The summed E-state index contributed by atoms with van der Waals surface area (Å²) in [6, 6.07) is 16.2. The van der Waals surface area contributed by atoms with Gasteiger partial charge in [0.2, 0.25) is 0 Å². The number of rotatable bonds is 12. The zero-order chi connectivity index (χ0) is 17.7. The number of anilines is 2. The zero-order valence-corrected chi connectivity index (χ0v) is 15.4. The summed E-state index contributed by atoms with van der Waals surface area (Å²) in [5, 5.41) is 6.82. The third kappa shape index (κ3) is 7.38.